The second kappa shape index (κ2) is 6.02. The van der Waals surface area contributed by atoms with E-state index in [9.17, 15) is 9.59 Å². The van der Waals surface area contributed by atoms with Crippen molar-refractivity contribution in [2.24, 2.45) is 0 Å². The molecule has 3 rings (SSSR count). The third-order valence-corrected chi connectivity index (χ3v) is 4.35. The number of aryl methyl sites for hydroxylation is 2. The zero-order valence-electron chi connectivity index (χ0n) is 13.7. The van der Waals surface area contributed by atoms with Gasteiger partial charge in [0.05, 0.1) is 6.04 Å². The third kappa shape index (κ3) is 3.06. The zero-order chi connectivity index (χ0) is 16.6. The summed E-state index contributed by atoms with van der Waals surface area (Å²) >= 11 is 0. The molecule has 0 bridgehead atoms. The van der Waals surface area contributed by atoms with Crippen LogP contribution in [0.5, 0.6) is 0 Å². The first-order chi connectivity index (χ1) is 11.0. The van der Waals surface area contributed by atoms with Crippen molar-refractivity contribution < 1.29 is 0 Å². The van der Waals surface area contributed by atoms with Crippen LogP contribution in [0.15, 0.2) is 27.8 Å². The number of fused-ring (bicyclic) bond motifs is 1. The smallest absolute Gasteiger partial charge is 0.349 e. The fraction of sp³-hybridized carbons (Fsp3) is 0.471. The van der Waals surface area contributed by atoms with Crippen LogP contribution in [0.25, 0.3) is 0 Å². The molecule has 6 nitrogen and oxygen atoms in total. The van der Waals surface area contributed by atoms with Crippen molar-refractivity contribution in [1.82, 2.24) is 14.5 Å². The SMILES string of the molecule is CC(Nc1nc(=O)n(C(C)C)c(=O)[nH]1)c1ccc2c(c1)CCC2. The molecule has 0 amide bonds. The van der Waals surface area contributed by atoms with E-state index < -0.39 is 11.4 Å². The van der Waals surface area contributed by atoms with E-state index in [1.807, 2.05) is 6.92 Å². The summed E-state index contributed by atoms with van der Waals surface area (Å²) in [5.41, 5.74) is 2.97. The van der Waals surface area contributed by atoms with Crippen molar-refractivity contribution in [1.29, 1.82) is 0 Å². The predicted octanol–water partition coefficient (Wildman–Crippen LogP) is 2.17. The van der Waals surface area contributed by atoms with E-state index in [2.05, 4.69) is 33.5 Å². The average Bonchev–Trinajstić information content (AvgIpc) is 2.93. The molecule has 1 aromatic heterocycles. The Morgan fingerprint density at radius 3 is 2.61 bits per heavy atom. The van der Waals surface area contributed by atoms with Crippen molar-refractivity contribution in [3.63, 3.8) is 0 Å². The highest BCUT2D eigenvalue weighted by Gasteiger charge is 2.15. The van der Waals surface area contributed by atoms with E-state index in [4.69, 9.17) is 0 Å². The minimum atomic E-state index is -0.535. The summed E-state index contributed by atoms with van der Waals surface area (Å²) in [7, 11) is 0. The van der Waals surface area contributed by atoms with E-state index >= 15 is 0 Å². The lowest BCUT2D eigenvalue weighted by atomic mass is 10.0. The van der Waals surface area contributed by atoms with E-state index in [0.29, 0.717) is 0 Å². The molecule has 122 valence electrons. The number of hydrogen-bond acceptors (Lipinski definition) is 4. The number of hydrogen-bond donors (Lipinski definition) is 2. The molecular formula is C17H22N4O2. The standard InChI is InChI=1S/C17H22N4O2/c1-10(2)21-16(22)19-15(20-17(21)23)18-11(3)13-8-7-12-5-4-6-14(12)9-13/h7-11H,4-6H2,1-3H3,(H2,18,19,20,22,23). The molecule has 6 heteroatoms. The molecule has 23 heavy (non-hydrogen) atoms. The van der Waals surface area contributed by atoms with Crippen LogP contribution in [0.3, 0.4) is 0 Å². The number of nitrogens with zero attached hydrogens (tertiary/aromatic N) is 2. The molecule has 0 radical (unpaired) electrons. The lowest BCUT2D eigenvalue weighted by Gasteiger charge is -2.16. The molecule has 2 aromatic rings. The highest BCUT2D eigenvalue weighted by Crippen LogP contribution is 2.26. The van der Waals surface area contributed by atoms with Gasteiger partial charge in [-0.3, -0.25) is 4.98 Å². The van der Waals surface area contributed by atoms with Crippen LogP contribution in [-0.4, -0.2) is 14.5 Å². The Morgan fingerprint density at radius 1 is 1.17 bits per heavy atom. The van der Waals surface area contributed by atoms with Gasteiger partial charge in [0.15, 0.2) is 0 Å². The minimum Gasteiger partial charge on any atom is -0.349 e. The summed E-state index contributed by atoms with van der Waals surface area (Å²) in [5.74, 6) is 0.213. The Bertz CT molecular complexity index is 804. The van der Waals surface area contributed by atoms with Gasteiger partial charge in [-0.15, -0.1) is 0 Å². The first-order valence-corrected chi connectivity index (χ1v) is 8.07. The van der Waals surface area contributed by atoms with Gasteiger partial charge in [0.25, 0.3) is 0 Å². The zero-order valence-corrected chi connectivity index (χ0v) is 13.7. The molecule has 1 heterocycles. The number of benzene rings is 1. The van der Waals surface area contributed by atoms with Crippen molar-refractivity contribution in [3.8, 4) is 0 Å². The summed E-state index contributed by atoms with van der Waals surface area (Å²) in [5, 5.41) is 3.12. The largest absolute Gasteiger partial charge is 0.355 e. The van der Waals surface area contributed by atoms with Gasteiger partial charge in [-0.1, -0.05) is 18.2 Å². The van der Waals surface area contributed by atoms with E-state index in [1.54, 1.807) is 13.8 Å². The quantitative estimate of drug-likeness (QED) is 0.906. The molecule has 1 aliphatic rings. The first kappa shape index (κ1) is 15.5. The average molecular weight is 314 g/mol. The fourth-order valence-electron chi connectivity index (χ4n) is 3.10. The number of H-pyrrole nitrogens is 1. The highest BCUT2D eigenvalue weighted by atomic mass is 16.2. The fourth-order valence-corrected chi connectivity index (χ4v) is 3.10. The van der Waals surface area contributed by atoms with Gasteiger partial charge in [-0.2, -0.15) is 4.98 Å². The van der Waals surface area contributed by atoms with Crippen molar-refractivity contribution in [2.45, 2.75) is 52.1 Å². The summed E-state index contributed by atoms with van der Waals surface area (Å²) < 4.78 is 1.10. The van der Waals surface area contributed by atoms with Crippen LogP contribution in [-0.2, 0) is 12.8 Å². The molecule has 1 aromatic carbocycles. The molecule has 0 fully saturated rings. The second-order valence-electron chi connectivity index (χ2n) is 6.38. The molecule has 1 unspecified atom stereocenters. The van der Waals surface area contributed by atoms with Gasteiger partial charge in [-0.05, 0) is 56.7 Å². The number of anilines is 1. The van der Waals surface area contributed by atoms with Crippen LogP contribution < -0.4 is 16.7 Å². The van der Waals surface area contributed by atoms with Gasteiger partial charge >= 0.3 is 11.4 Å². The number of nitrogens with one attached hydrogen (secondary N) is 2. The summed E-state index contributed by atoms with van der Waals surface area (Å²) in [4.78, 5) is 30.5. The topological polar surface area (TPSA) is 79.8 Å². The van der Waals surface area contributed by atoms with Crippen LogP contribution in [0.2, 0.25) is 0 Å². The van der Waals surface area contributed by atoms with Crippen LogP contribution in [0, 0.1) is 0 Å². The maximum absolute atomic E-state index is 12.0. The van der Waals surface area contributed by atoms with Gasteiger partial charge in [0.1, 0.15) is 0 Å². The molecule has 1 atom stereocenters. The second-order valence-corrected chi connectivity index (χ2v) is 6.38. The van der Waals surface area contributed by atoms with Crippen molar-refractivity contribution >= 4 is 5.95 Å². The maximum Gasteiger partial charge on any atom is 0.355 e. The molecule has 0 saturated heterocycles. The highest BCUT2D eigenvalue weighted by molar-refractivity contribution is 5.39. The molecule has 0 aliphatic heterocycles. The summed E-state index contributed by atoms with van der Waals surface area (Å²) in [6, 6.07) is 6.20. The number of aromatic nitrogens is 3. The molecule has 0 spiro atoms. The number of aromatic amines is 1. The van der Waals surface area contributed by atoms with Gasteiger partial charge in [0.2, 0.25) is 5.95 Å². The number of rotatable bonds is 4. The lowest BCUT2D eigenvalue weighted by Crippen LogP contribution is -2.39. The summed E-state index contributed by atoms with van der Waals surface area (Å²) in [6.45, 7) is 5.54. The minimum absolute atomic E-state index is 0.0432. The monoisotopic (exact) mass is 314 g/mol. The van der Waals surface area contributed by atoms with Crippen molar-refractivity contribution in [2.75, 3.05) is 5.32 Å². The normalized spacial score (nSPS) is 14.8. The van der Waals surface area contributed by atoms with Gasteiger partial charge in [-0.25, -0.2) is 14.2 Å². The Hall–Kier alpha value is -2.37. The molecule has 1 aliphatic carbocycles. The maximum atomic E-state index is 12.0. The molecule has 2 N–H and O–H groups in total. The predicted molar refractivity (Wildman–Crippen MR) is 90.0 cm³/mol. The summed E-state index contributed by atoms with van der Waals surface area (Å²) in [6.07, 6.45) is 3.48. The van der Waals surface area contributed by atoms with Crippen LogP contribution >= 0.6 is 0 Å². The van der Waals surface area contributed by atoms with Crippen LogP contribution in [0.1, 0.15) is 56.0 Å². The van der Waals surface area contributed by atoms with E-state index in [-0.39, 0.29) is 18.0 Å². The first-order valence-electron chi connectivity index (χ1n) is 8.07. The van der Waals surface area contributed by atoms with Crippen molar-refractivity contribution in [3.05, 3.63) is 55.9 Å². The van der Waals surface area contributed by atoms with Crippen LogP contribution in [0.4, 0.5) is 5.95 Å². The van der Waals surface area contributed by atoms with E-state index in [0.717, 1.165) is 23.0 Å². The Morgan fingerprint density at radius 2 is 1.91 bits per heavy atom. The Kier molecular flexibility index (Phi) is 4.07. The van der Waals surface area contributed by atoms with Gasteiger partial charge < -0.3 is 5.32 Å². The molecule has 0 saturated carbocycles. The Balaban J connectivity index is 1.84. The van der Waals surface area contributed by atoms with Gasteiger partial charge in [0, 0.05) is 6.04 Å². The Labute approximate surface area is 134 Å². The lowest BCUT2D eigenvalue weighted by molar-refractivity contribution is 0.529. The molecular weight excluding hydrogens is 292 g/mol. The third-order valence-electron chi connectivity index (χ3n) is 4.35. The van der Waals surface area contributed by atoms with E-state index in [1.165, 1.54) is 17.5 Å².